The fourth-order valence-corrected chi connectivity index (χ4v) is 7.07. The van der Waals surface area contributed by atoms with Crippen molar-refractivity contribution in [3.05, 3.63) is 87.9 Å². The first kappa shape index (κ1) is 28.9. The standard InChI is InChI=1S/C33H32N6O5S/c1-20-16-25(30(35-17-20)38-18-33(19-38)11-14-43-15-12-33)44-37-23-7-5-22(6-8-23)31(40)39-21(2)28(26-9-10-27(45-26)32(41)42)36-29-24(39)4-3-13-34-29/h3-10,13,16-17,21,37H,11-12,14-15,18-19H2,1-2H3,(H,41,42). The fourth-order valence-electron chi connectivity index (χ4n) is 6.15. The van der Waals surface area contributed by atoms with Crippen LogP contribution in [0.2, 0.25) is 0 Å². The van der Waals surface area contributed by atoms with Gasteiger partial charge in [0.1, 0.15) is 4.88 Å². The number of aryl methyl sites for hydroxylation is 1. The summed E-state index contributed by atoms with van der Waals surface area (Å²) in [4.78, 5) is 50.1. The first-order chi connectivity index (χ1) is 21.8. The third kappa shape index (κ3) is 5.51. The van der Waals surface area contributed by atoms with Gasteiger partial charge in [0, 0.05) is 49.7 Å². The number of rotatable bonds is 7. The maximum Gasteiger partial charge on any atom is 0.345 e. The number of aliphatic imine (C=N–C) groups is 1. The van der Waals surface area contributed by atoms with Crippen molar-refractivity contribution in [1.82, 2.24) is 9.97 Å². The second-order valence-electron chi connectivity index (χ2n) is 11.7. The van der Waals surface area contributed by atoms with Gasteiger partial charge < -0.3 is 19.6 Å². The number of amides is 1. The van der Waals surface area contributed by atoms with Crippen molar-refractivity contribution in [3.63, 3.8) is 0 Å². The van der Waals surface area contributed by atoms with Crippen molar-refractivity contribution in [2.24, 2.45) is 10.4 Å². The molecule has 1 spiro atoms. The molecule has 2 fully saturated rings. The largest absolute Gasteiger partial charge is 0.477 e. The van der Waals surface area contributed by atoms with E-state index in [-0.39, 0.29) is 10.8 Å². The first-order valence-corrected chi connectivity index (χ1v) is 15.6. The number of thiophene rings is 1. The van der Waals surface area contributed by atoms with Gasteiger partial charge in [-0.3, -0.25) is 9.69 Å². The molecule has 0 radical (unpaired) electrons. The van der Waals surface area contributed by atoms with Crippen molar-refractivity contribution in [2.75, 3.05) is 41.6 Å². The van der Waals surface area contributed by atoms with Gasteiger partial charge >= 0.3 is 5.97 Å². The molecule has 230 valence electrons. The Morgan fingerprint density at radius 2 is 1.87 bits per heavy atom. The molecule has 3 aromatic heterocycles. The Bertz CT molecular complexity index is 1790. The molecule has 12 heteroatoms. The lowest BCUT2D eigenvalue weighted by molar-refractivity contribution is -0.000591. The number of carbonyl (C=O) groups is 2. The number of hydrogen-bond acceptors (Lipinski definition) is 10. The molecule has 0 bridgehead atoms. The summed E-state index contributed by atoms with van der Waals surface area (Å²) in [6.45, 7) is 7.37. The second-order valence-corrected chi connectivity index (χ2v) is 12.8. The number of carboxylic acids is 1. The predicted octanol–water partition coefficient (Wildman–Crippen LogP) is 5.74. The Morgan fingerprint density at radius 1 is 1.09 bits per heavy atom. The van der Waals surface area contributed by atoms with Gasteiger partial charge in [0.15, 0.2) is 17.4 Å². The molecule has 0 saturated carbocycles. The lowest BCUT2D eigenvalue weighted by atomic mass is 9.73. The number of carboxylic acid groups (broad SMARTS) is 1. The highest BCUT2D eigenvalue weighted by Gasteiger charge is 2.45. The normalized spacial score (nSPS) is 18.5. The quantitative estimate of drug-likeness (QED) is 0.247. The van der Waals surface area contributed by atoms with Gasteiger partial charge in [-0.2, -0.15) is 0 Å². The molecule has 45 heavy (non-hydrogen) atoms. The highest BCUT2D eigenvalue weighted by molar-refractivity contribution is 7.16. The van der Waals surface area contributed by atoms with Crippen LogP contribution in [-0.2, 0) is 4.74 Å². The van der Waals surface area contributed by atoms with Gasteiger partial charge in [0.25, 0.3) is 5.91 Å². The molecule has 3 aliphatic rings. The smallest absolute Gasteiger partial charge is 0.345 e. The van der Waals surface area contributed by atoms with Crippen LogP contribution < -0.4 is 20.1 Å². The Balaban J connectivity index is 1.07. The van der Waals surface area contributed by atoms with E-state index in [1.54, 1.807) is 53.6 Å². The van der Waals surface area contributed by atoms with Crippen LogP contribution in [0.15, 0.2) is 72.0 Å². The van der Waals surface area contributed by atoms with E-state index in [1.165, 1.54) is 0 Å². The first-order valence-electron chi connectivity index (χ1n) is 14.8. The van der Waals surface area contributed by atoms with Crippen molar-refractivity contribution in [1.29, 1.82) is 0 Å². The molecule has 1 atom stereocenters. The highest BCUT2D eigenvalue weighted by Crippen LogP contribution is 2.44. The molecule has 0 aliphatic carbocycles. The van der Waals surface area contributed by atoms with E-state index in [2.05, 4.69) is 20.3 Å². The van der Waals surface area contributed by atoms with Crippen LogP contribution in [-0.4, -0.2) is 65.0 Å². The summed E-state index contributed by atoms with van der Waals surface area (Å²) < 4.78 is 5.56. The number of fused-ring (bicyclic) bond motifs is 1. The summed E-state index contributed by atoms with van der Waals surface area (Å²) in [5.41, 5.74) is 6.65. The second kappa shape index (κ2) is 11.6. The minimum atomic E-state index is -1.00. The van der Waals surface area contributed by atoms with Crippen LogP contribution in [0.5, 0.6) is 5.75 Å². The van der Waals surface area contributed by atoms with E-state index in [0.717, 1.165) is 61.9 Å². The van der Waals surface area contributed by atoms with Crippen LogP contribution in [0.4, 0.5) is 23.0 Å². The topological polar surface area (TPSA) is 129 Å². The monoisotopic (exact) mass is 624 g/mol. The third-order valence-electron chi connectivity index (χ3n) is 8.61. The average molecular weight is 625 g/mol. The molecular formula is C33H32N6O5S. The van der Waals surface area contributed by atoms with Gasteiger partial charge in [-0.05, 0) is 86.8 Å². The summed E-state index contributed by atoms with van der Waals surface area (Å²) in [7, 11) is 0. The Kier molecular flexibility index (Phi) is 7.46. The van der Waals surface area contributed by atoms with Crippen molar-refractivity contribution in [2.45, 2.75) is 32.7 Å². The summed E-state index contributed by atoms with van der Waals surface area (Å²) in [6.07, 6.45) is 5.62. The molecule has 1 unspecified atom stereocenters. The number of pyridine rings is 2. The zero-order valence-electron chi connectivity index (χ0n) is 24.9. The molecule has 1 aromatic carbocycles. The number of aromatic carboxylic acids is 1. The average Bonchev–Trinajstić information content (AvgIpc) is 3.54. The summed E-state index contributed by atoms with van der Waals surface area (Å²) in [5, 5.41) is 9.42. The summed E-state index contributed by atoms with van der Waals surface area (Å²) in [5.74, 6) is 0.634. The number of aromatic nitrogens is 2. The molecule has 1 amide bonds. The van der Waals surface area contributed by atoms with Crippen LogP contribution >= 0.6 is 11.3 Å². The van der Waals surface area contributed by atoms with Crippen molar-refractivity contribution < 1.29 is 24.3 Å². The van der Waals surface area contributed by atoms with Crippen LogP contribution in [0.25, 0.3) is 0 Å². The predicted molar refractivity (Wildman–Crippen MR) is 172 cm³/mol. The number of anilines is 3. The number of hydrogen-bond donors (Lipinski definition) is 2. The van der Waals surface area contributed by atoms with E-state index in [1.807, 2.05) is 32.2 Å². The summed E-state index contributed by atoms with van der Waals surface area (Å²) in [6, 6.07) is 15.4. The van der Waals surface area contributed by atoms with Gasteiger partial charge in [0.2, 0.25) is 0 Å². The van der Waals surface area contributed by atoms with E-state index in [4.69, 9.17) is 14.6 Å². The minimum absolute atomic E-state index is 0.205. The lowest BCUT2D eigenvalue weighted by Crippen LogP contribution is -2.59. The van der Waals surface area contributed by atoms with E-state index in [0.29, 0.717) is 44.5 Å². The highest BCUT2D eigenvalue weighted by atomic mass is 32.1. The molecule has 4 aromatic rings. The molecule has 3 aliphatic heterocycles. The zero-order chi connectivity index (χ0) is 31.1. The van der Waals surface area contributed by atoms with Gasteiger partial charge in [-0.15, -0.1) is 11.3 Å². The maximum absolute atomic E-state index is 14.0. The van der Waals surface area contributed by atoms with Gasteiger partial charge in [0.05, 0.1) is 28.0 Å². The Labute approximate surface area is 264 Å². The van der Waals surface area contributed by atoms with Crippen molar-refractivity contribution >= 4 is 51.9 Å². The number of nitrogens with one attached hydrogen (secondary N) is 1. The molecule has 6 heterocycles. The van der Waals surface area contributed by atoms with E-state index in [9.17, 15) is 14.7 Å². The summed E-state index contributed by atoms with van der Waals surface area (Å²) >= 11 is 1.12. The van der Waals surface area contributed by atoms with E-state index < -0.39 is 12.0 Å². The van der Waals surface area contributed by atoms with Gasteiger partial charge in [-0.25, -0.2) is 25.2 Å². The SMILES string of the molecule is Cc1cnc(N2CC3(CCOCC3)C2)c(ONc2ccc(C(=O)N3c4cccnc4N=C(c4ccc(C(=O)O)s4)C3C)cc2)c1. The molecule has 2 saturated heterocycles. The minimum Gasteiger partial charge on any atom is -0.477 e. The molecular weight excluding hydrogens is 592 g/mol. The van der Waals surface area contributed by atoms with Crippen LogP contribution in [0.1, 0.15) is 50.2 Å². The fraction of sp³-hybridized carbons (Fsp3) is 0.303. The Hall–Kier alpha value is -4.81. The number of nitrogens with zero attached hydrogens (tertiary/aromatic N) is 5. The third-order valence-corrected chi connectivity index (χ3v) is 9.70. The Morgan fingerprint density at radius 3 is 2.60 bits per heavy atom. The number of ether oxygens (including phenoxy) is 1. The number of benzene rings is 1. The van der Waals surface area contributed by atoms with Crippen LogP contribution in [0.3, 0.4) is 0 Å². The van der Waals surface area contributed by atoms with Crippen LogP contribution in [0, 0.1) is 12.3 Å². The molecule has 11 nitrogen and oxygen atoms in total. The maximum atomic E-state index is 14.0. The van der Waals surface area contributed by atoms with E-state index >= 15 is 0 Å². The number of carbonyl (C=O) groups excluding carboxylic acids is 1. The lowest BCUT2D eigenvalue weighted by Gasteiger charge is -2.52. The molecule has 2 N–H and O–H groups in total. The van der Waals surface area contributed by atoms with Gasteiger partial charge in [-0.1, -0.05) is 0 Å². The molecule has 7 rings (SSSR count). The zero-order valence-corrected chi connectivity index (χ0v) is 25.7. The van der Waals surface area contributed by atoms with Crippen molar-refractivity contribution in [3.8, 4) is 5.75 Å².